The SMILES string of the molecule is O=C(O)c1cccc(CN2CCCC2CCCO)n1. The minimum atomic E-state index is -0.986. The van der Waals surface area contributed by atoms with E-state index in [1.54, 1.807) is 6.07 Å². The molecular weight excluding hydrogens is 244 g/mol. The van der Waals surface area contributed by atoms with E-state index in [-0.39, 0.29) is 12.3 Å². The van der Waals surface area contributed by atoms with Crippen molar-refractivity contribution >= 4 is 5.97 Å². The summed E-state index contributed by atoms with van der Waals surface area (Å²) in [6.45, 7) is 1.95. The topological polar surface area (TPSA) is 73.7 Å². The van der Waals surface area contributed by atoms with Gasteiger partial charge in [0.15, 0.2) is 0 Å². The highest BCUT2D eigenvalue weighted by Gasteiger charge is 2.24. The fourth-order valence-corrected chi connectivity index (χ4v) is 2.65. The second-order valence-electron chi connectivity index (χ2n) is 4.95. The van der Waals surface area contributed by atoms with Crippen molar-refractivity contribution < 1.29 is 15.0 Å². The molecule has 0 spiro atoms. The van der Waals surface area contributed by atoms with Crippen molar-refractivity contribution in [3.05, 3.63) is 29.6 Å². The Balaban J connectivity index is 1.99. The molecule has 19 heavy (non-hydrogen) atoms. The molecule has 1 aromatic rings. The van der Waals surface area contributed by atoms with Crippen LogP contribution >= 0.6 is 0 Å². The van der Waals surface area contributed by atoms with E-state index in [1.807, 2.05) is 6.07 Å². The van der Waals surface area contributed by atoms with Gasteiger partial charge in [0.1, 0.15) is 5.69 Å². The molecule has 1 aliphatic rings. The van der Waals surface area contributed by atoms with E-state index in [1.165, 1.54) is 6.07 Å². The number of likely N-dealkylation sites (tertiary alicyclic amines) is 1. The molecule has 0 bridgehead atoms. The summed E-state index contributed by atoms with van der Waals surface area (Å²) in [5.41, 5.74) is 0.902. The van der Waals surface area contributed by atoms with Crippen LogP contribution in [-0.2, 0) is 6.54 Å². The number of carboxylic acid groups (broad SMARTS) is 1. The fourth-order valence-electron chi connectivity index (χ4n) is 2.65. The molecule has 0 aromatic carbocycles. The van der Waals surface area contributed by atoms with Gasteiger partial charge in [-0.2, -0.15) is 0 Å². The number of aliphatic hydroxyl groups excluding tert-OH is 1. The van der Waals surface area contributed by atoms with Crippen LogP contribution in [0.4, 0.5) is 0 Å². The largest absolute Gasteiger partial charge is 0.477 e. The van der Waals surface area contributed by atoms with Gasteiger partial charge in [-0.25, -0.2) is 9.78 Å². The molecule has 1 fully saturated rings. The van der Waals surface area contributed by atoms with E-state index in [4.69, 9.17) is 10.2 Å². The summed E-state index contributed by atoms with van der Waals surface area (Å²) in [5.74, 6) is -0.986. The Labute approximate surface area is 112 Å². The van der Waals surface area contributed by atoms with E-state index in [0.717, 1.165) is 37.9 Å². The number of carboxylic acids is 1. The third-order valence-corrected chi connectivity index (χ3v) is 3.59. The number of hydrogen-bond acceptors (Lipinski definition) is 4. The third kappa shape index (κ3) is 3.75. The summed E-state index contributed by atoms with van der Waals surface area (Å²) in [6, 6.07) is 5.61. The van der Waals surface area contributed by atoms with Crippen molar-refractivity contribution in [2.45, 2.75) is 38.3 Å². The maximum Gasteiger partial charge on any atom is 0.354 e. The van der Waals surface area contributed by atoms with Crippen molar-refractivity contribution in [2.75, 3.05) is 13.2 Å². The summed E-state index contributed by atoms with van der Waals surface area (Å²) in [5, 5.41) is 17.8. The average molecular weight is 264 g/mol. The summed E-state index contributed by atoms with van der Waals surface area (Å²) < 4.78 is 0. The normalized spacial score (nSPS) is 19.7. The predicted octanol–water partition coefficient (Wildman–Crippen LogP) is 1.52. The maximum absolute atomic E-state index is 10.9. The molecule has 2 N–H and O–H groups in total. The van der Waals surface area contributed by atoms with E-state index >= 15 is 0 Å². The van der Waals surface area contributed by atoms with Crippen LogP contribution in [0.15, 0.2) is 18.2 Å². The van der Waals surface area contributed by atoms with Crippen LogP contribution in [0, 0.1) is 0 Å². The molecule has 1 unspecified atom stereocenters. The van der Waals surface area contributed by atoms with Gasteiger partial charge in [-0.1, -0.05) is 6.07 Å². The fraction of sp³-hybridized carbons (Fsp3) is 0.571. The molecule has 0 saturated carbocycles. The van der Waals surface area contributed by atoms with E-state index in [0.29, 0.717) is 12.6 Å². The first-order valence-electron chi connectivity index (χ1n) is 6.75. The van der Waals surface area contributed by atoms with Crippen molar-refractivity contribution in [1.29, 1.82) is 0 Å². The van der Waals surface area contributed by atoms with Crippen molar-refractivity contribution in [3.63, 3.8) is 0 Å². The first-order chi connectivity index (χ1) is 9.20. The van der Waals surface area contributed by atoms with Crippen LogP contribution in [0.3, 0.4) is 0 Å². The molecular formula is C14H20N2O3. The molecule has 1 aliphatic heterocycles. The zero-order chi connectivity index (χ0) is 13.7. The highest BCUT2D eigenvalue weighted by Crippen LogP contribution is 2.23. The monoisotopic (exact) mass is 264 g/mol. The Morgan fingerprint density at radius 3 is 3.05 bits per heavy atom. The number of nitrogens with zero attached hydrogens (tertiary/aromatic N) is 2. The second-order valence-corrected chi connectivity index (χ2v) is 4.95. The molecule has 0 radical (unpaired) electrons. The molecule has 2 heterocycles. The molecule has 0 amide bonds. The lowest BCUT2D eigenvalue weighted by molar-refractivity contribution is 0.0690. The van der Waals surface area contributed by atoms with Gasteiger partial charge in [-0.3, -0.25) is 4.90 Å². The minimum absolute atomic E-state index is 0.101. The number of hydrogen-bond donors (Lipinski definition) is 2. The number of aliphatic hydroxyl groups is 1. The second kappa shape index (κ2) is 6.63. The molecule has 2 rings (SSSR count). The van der Waals surface area contributed by atoms with Gasteiger partial charge in [0.25, 0.3) is 0 Å². The van der Waals surface area contributed by atoms with E-state index in [9.17, 15) is 4.79 Å². The highest BCUT2D eigenvalue weighted by molar-refractivity contribution is 5.85. The minimum Gasteiger partial charge on any atom is -0.477 e. The lowest BCUT2D eigenvalue weighted by atomic mass is 10.1. The molecule has 5 heteroatoms. The van der Waals surface area contributed by atoms with Gasteiger partial charge in [-0.15, -0.1) is 0 Å². The lowest BCUT2D eigenvalue weighted by Crippen LogP contribution is -2.29. The van der Waals surface area contributed by atoms with Gasteiger partial charge < -0.3 is 10.2 Å². The van der Waals surface area contributed by atoms with Crippen LogP contribution < -0.4 is 0 Å². The van der Waals surface area contributed by atoms with Crippen molar-refractivity contribution in [3.8, 4) is 0 Å². The first-order valence-corrected chi connectivity index (χ1v) is 6.75. The average Bonchev–Trinajstić information content (AvgIpc) is 2.84. The molecule has 1 aromatic heterocycles. The number of pyridine rings is 1. The third-order valence-electron chi connectivity index (χ3n) is 3.59. The Morgan fingerprint density at radius 2 is 2.32 bits per heavy atom. The van der Waals surface area contributed by atoms with Crippen molar-refractivity contribution in [2.24, 2.45) is 0 Å². The Morgan fingerprint density at radius 1 is 1.47 bits per heavy atom. The van der Waals surface area contributed by atoms with Crippen LogP contribution in [0.5, 0.6) is 0 Å². The van der Waals surface area contributed by atoms with E-state index < -0.39 is 5.97 Å². The highest BCUT2D eigenvalue weighted by atomic mass is 16.4. The molecule has 5 nitrogen and oxygen atoms in total. The molecule has 1 atom stereocenters. The van der Waals surface area contributed by atoms with Gasteiger partial charge >= 0.3 is 5.97 Å². The zero-order valence-electron chi connectivity index (χ0n) is 11.0. The van der Waals surface area contributed by atoms with Crippen LogP contribution in [0.2, 0.25) is 0 Å². The van der Waals surface area contributed by atoms with Crippen LogP contribution in [-0.4, -0.2) is 45.3 Å². The molecule has 104 valence electrons. The smallest absolute Gasteiger partial charge is 0.354 e. The van der Waals surface area contributed by atoms with Crippen LogP contribution in [0.25, 0.3) is 0 Å². The quantitative estimate of drug-likeness (QED) is 0.815. The van der Waals surface area contributed by atoms with Gasteiger partial charge in [0.05, 0.1) is 5.69 Å². The standard InChI is InChI=1S/C14H20N2O3/c17-9-3-6-12-5-2-8-16(12)10-11-4-1-7-13(15-11)14(18)19/h1,4,7,12,17H,2-3,5-6,8-10H2,(H,18,19). The van der Waals surface area contributed by atoms with Gasteiger partial charge in [0.2, 0.25) is 0 Å². The summed E-state index contributed by atoms with van der Waals surface area (Å²) in [6.07, 6.45) is 4.13. The summed E-state index contributed by atoms with van der Waals surface area (Å²) in [4.78, 5) is 17.4. The predicted molar refractivity (Wildman–Crippen MR) is 70.9 cm³/mol. The number of aromatic nitrogens is 1. The van der Waals surface area contributed by atoms with Gasteiger partial charge in [-0.05, 0) is 44.4 Å². The van der Waals surface area contributed by atoms with E-state index in [2.05, 4.69) is 9.88 Å². The molecule has 1 saturated heterocycles. The number of carbonyl (C=O) groups is 1. The summed E-state index contributed by atoms with van der Waals surface area (Å²) in [7, 11) is 0. The Hall–Kier alpha value is -1.46. The number of aromatic carboxylic acids is 1. The Bertz CT molecular complexity index is 436. The maximum atomic E-state index is 10.9. The van der Waals surface area contributed by atoms with Crippen molar-refractivity contribution in [1.82, 2.24) is 9.88 Å². The first kappa shape index (κ1) is 14.0. The van der Waals surface area contributed by atoms with Crippen LogP contribution in [0.1, 0.15) is 41.9 Å². The van der Waals surface area contributed by atoms with Gasteiger partial charge in [0, 0.05) is 19.2 Å². The molecule has 0 aliphatic carbocycles. The lowest BCUT2D eigenvalue weighted by Gasteiger charge is -2.23. The zero-order valence-corrected chi connectivity index (χ0v) is 11.0. The summed E-state index contributed by atoms with van der Waals surface area (Å²) >= 11 is 0. The Kier molecular flexibility index (Phi) is 4.87. The number of rotatable bonds is 6.